The van der Waals surface area contributed by atoms with Crippen LogP contribution in [0.2, 0.25) is 0 Å². The van der Waals surface area contributed by atoms with Crippen molar-refractivity contribution in [1.29, 1.82) is 0 Å². The van der Waals surface area contributed by atoms with Crippen molar-refractivity contribution < 1.29 is 26.9 Å². The third kappa shape index (κ3) is 6.58. The van der Waals surface area contributed by atoms with Crippen LogP contribution in [0.3, 0.4) is 0 Å². The number of hydrogen-bond donors (Lipinski definition) is 0. The number of carbonyl (C=O) groups excluding carboxylic acids is 2. The first kappa shape index (κ1) is 28.8. The number of esters is 1. The highest BCUT2D eigenvalue weighted by Gasteiger charge is 2.64. The van der Waals surface area contributed by atoms with Gasteiger partial charge in [-0.15, -0.1) is 0 Å². The molecule has 1 aromatic carbocycles. The topological polar surface area (TPSA) is 86.7 Å². The summed E-state index contributed by atoms with van der Waals surface area (Å²) in [5.41, 5.74) is 0.486. The molecule has 202 valence electrons. The van der Waals surface area contributed by atoms with Gasteiger partial charge < -0.3 is 4.74 Å². The molecular formula is C29H44O6S. The minimum Gasteiger partial charge on any atom is -0.457 e. The predicted octanol–water partition coefficient (Wildman–Crippen LogP) is 6.28. The number of carbonyl (C=O) groups is 2. The molecule has 4 unspecified atom stereocenters. The van der Waals surface area contributed by atoms with E-state index in [0.717, 1.165) is 44.1 Å². The molecule has 2 aliphatic carbocycles. The number of benzene rings is 1. The molecule has 4 atom stereocenters. The molecule has 0 N–H and O–H groups in total. The Balaban J connectivity index is 1.67. The number of rotatable bonds is 13. The lowest BCUT2D eigenvalue weighted by Gasteiger charge is -2.34. The lowest BCUT2D eigenvalue weighted by Crippen LogP contribution is -2.49. The Morgan fingerprint density at radius 2 is 1.69 bits per heavy atom. The van der Waals surface area contributed by atoms with Crippen molar-refractivity contribution in [3.05, 3.63) is 35.4 Å². The van der Waals surface area contributed by atoms with Crippen LogP contribution in [-0.4, -0.2) is 32.5 Å². The van der Waals surface area contributed by atoms with Crippen molar-refractivity contribution in [1.82, 2.24) is 0 Å². The van der Waals surface area contributed by atoms with Crippen molar-refractivity contribution >= 4 is 21.9 Å². The van der Waals surface area contributed by atoms with Crippen molar-refractivity contribution in [3.8, 4) is 0 Å². The van der Waals surface area contributed by atoms with E-state index in [-0.39, 0.29) is 28.8 Å². The number of hydrogen-bond acceptors (Lipinski definition) is 6. The van der Waals surface area contributed by atoms with E-state index in [9.17, 15) is 18.0 Å². The van der Waals surface area contributed by atoms with E-state index < -0.39 is 34.2 Å². The van der Waals surface area contributed by atoms with Gasteiger partial charge in [-0.3, -0.25) is 13.8 Å². The van der Waals surface area contributed by atoms with Crippen LogP contribution in [0.15, 0.2) is 24.3 Å². The molecule has 2 fully saturated rings. The molecule has 6 nitrogen and oxygen atoms in total. The van der Waals surface area contributed by atoms with Gasteiger partial charge in [0.15, 0.2) is 11.2 Å². The largest absolute Gasteiger partial charge is 0.457 e. The van der Waals surface area contributed by atoms with Gasteiger partial charge in [0.25, 0.3) is 10.1 Å². The third-order valence-electron chi connectivity index (χ3n) is 8.05. The van der Waals surface area contributed by atoms with Crippen LogP contribution in [-0.2, 0) is 34.0 Å². The normalized spacial score (nSPS) is 24.8. The second-order valence-electron chi connectivity index (χ2n) is 11.8. The summed E-state index contributed by atoms with van der Waals surface area (Å²) in [7, 11) is -3.83. The molecule has 0 spiro atoms. The average molecular weight is 521 g/mol. The average Bonchev–Trinajstić information content (AvgIpc) is 3.41. The Morgan fingerprint density at radius 3 is 2.28 bits per heavy atom. The molecule has 2 bridgehead atoms. The van der Waals surface area contributed by atoms with Crippen LogP contribution in [0.1, 0.15) is 110 Å². The van der Waals surface area contributed by atoms with Crippen LogP contribution < -0.4 is 0 Å². The Hall–Kier alpha value is -1.73. The predicted molar refractivity (Wildman–Crippen MR) is 141 cm³/mol. The van der Waals surface area contributed by atoms with Gasteiger partial charge in [0.1, 0.15) is 6.10 Å². The summed E-state index contributed by atoms with van der Waals surface area (Å²) in [6.07, 6.45) is 7.22. The lowest BCUT2D eigenvalue weighted by molar-refractivity contribution is -0.170. The fraction of sp³-hybridized carbons (Fsp3) is 0.724. The SMILES string of the molecule is CCCCCCCCS(=O)(=O)OCC1(C(=O)OC(C)c2ccc(C(C)(C)C)cc2)C(=O)C2CCC1C2. The van der Waals surface area contributed by atoms with Gasteiger partial charge in [-0.25, -0.2) is 0 Å². The summed E-state index contributed by atoms with van der Waals surface area (Å²) >= 11 is 0. The Labute approximate surface area is 217 Å². The molecule has 0 aliphatic heterocycles. The van der Waals surface area contributed by atoms with Crippen molar-refractivity contribution in [2.45, 2.75) is 104 Å². The number of Topliss-reactive ketones (excluding diaryl/α,β-unsaturated/α-hetero) is 1. The number of ether oxygens (including phenoxy) is 1. The standard InChI is InChI=1S/C29H44O6S/c1-6-7-8-9-10-11-18-36(32,33)34-20-29(25-17-14-23(19-25)26(29)30)27(31)35-21(2)22-12-15-24(16-13-22)28(3,4)5/h12-13,15-16,21,23,25H,6-11,14,17-20H2,1-5H3. The summed E-state index contributed by atoms with van der Waals surface area (Å²) in [4.78, 5) is 26.8. The van der Waals surface area contributed by atoms with E-state index in [0.29, 0.717) is 19.3 Å². The highest BCUT2D eigenvalue weighted by molar-refractivity contribution is 7.86. The molecular weight excluding hydrogens is 476 g/mol. The lowest BCUT2D eigenvalue weighted by atomic mass is 9.72. The molecule has 0 heterocycles. The Bertz CT molecular complexity index is 1010. The molecule has 0 aromatic heterocycles. The number of unbranched alkanes of at least 4 members (excludes halogenated alkanes) is 5. The van der Waals surface area contributed by atoms with Crippen LogP contribution in [0, 0.1) is 17.3 Å². The maximum atomic E-state index is 13.5. The molecule has 7 heteroatoms. The molecule has 2 aliphatic rings. The first-order chi connectivity index (χ1) is 16.9. The second kappa shape index (κ2) is 11.8. The highest BCUT2D eigenvalue weighted by Crippen LogP contribution is 2.54. The highest BCUT2D eigenvalue weighted by atomic mass is 32.2. The molecule has 0 amide bonds. The summed E-state index contributed by atoms with van der Waals surface area (Å²) in [6.45, 7) is 9.88. The molecule has 2 saturated carbocycles. The smallest absolute Gasteiger partial charge is 0.322 e. The third-order valence-corrected chi connectivity index (χ3v) is 9.31. The minimum absolute atomic E-state index is 0.0103. The molecule has 0 radical (unpaired) electrons. The van der Waals surface area contributed by atoms with E-state index in [2.05, 4.69) is 27.7 Å². The Morgan fingerprint density at radius 1 is 1.06 bits per heavy atom. The molecule has 36 heavy (non-hydrogen) atoms. The Kier molecular flexibility index (Phi) is 9.42. The van der Waals surface area contributed by atoms with Crippen LogP contribution in [0.5, 0.6) is 0 Å². The van der Waals surface area contributed by atoms with Crippen molar-refractivity contribution in [2.24, 2.45) is 17.3 Å². The minimum atomic E-state index is -3.83. The number of fused-ring (bicyclic) bond motifs is 2. The van der Waals surface area contributed by atoms with E-state index in [1.54, 1.807) is 6.92 Å². The summed E-state index contributed by atoms with van der Waals surface area (Å²) in [6, 6.07) is 7.93. The summed E-state index contributed by atoms with van der Waals surface area (Å²) < 4.78 is 36.5. The molecule has 3 rings (SSSR count). The first-order valence-corrected chi connectivity index (χ1v) is 15.2. The summed E-state index contributed by atoms with van der Waals surface area (Å²) in [5, 5.41) is 0. The zero-order valence-corrected chi connectivity index (χ0v) is 23.5. The molecule has 0 saturated heterocycles. The van der Waals surface area contributed by atoms with Gasteiger partial charge in [0.2, 0.25) is 0 Å². The second-order valence-corrected chi connectivity index (χ2v) is 13.5. The van der Waals surface area contributed by atoms with Crippen LogP contribution in [0.4, 0.5) is 0 Å². The van der Waals surface area contributed by atoms with E-state index in [4.69, 9.17) is 8.92 Å². The monoisotopic (exact) mass is 520 g/mol. The fourth-order valence-electron chi connectivity index (χ4n) is 5.64. The fourth-order valence-corrected chi connectivity index (χ4v) is 6.68. The molecule has 1 aromatic rings. The van der Waals surface area contributed by atoms with Crippen molar-refractivity contribution in [3.63, 3.8) is 0 Å². The van der Waals surface area contributed by atoms with E-state index >= 15 is 0 Å². The van der Waals surface area contributed by atoms with Gasteiger partial charge in [-0.2, -0.15) is 8.42 Å². The van der Waals surface area contributed by atoms with Gasteiger partial charge in [0, 0.05) is 5.92 Å². The quantitative estimate of drug-likeness (QED) is 0.132. The first-order valence-electron chi connectivity index (χ1n) is 13.6. The van der Waals surface area contributed by atoms with Crippen LogP contribution >= 0.6 is 0 Å². The van der Waals surface area contributed by atoms with Crippen LogP contribution in [0.25, 0.3) is 0 Å². The van der Waals surface area contributed by atoms with Gasteiger partial charge in [0.05, 0.1) is 12.4 Å². The van der Waals surface area contributed by atoms with Gasteiger partial charge in [-0.1, -0.05) is 84.1 Å². The summed E-state index contributed by atoms with van der Waals surface area (Å²) in [5.74, 6) is -1.41. The number of ketones is 1. The van der Waals surface area contributed by atoms with Gasteiger partial charge in [-0.05, 0) is 55.1 Å². The van der Waals surface area contributed by atoms with Crippen molar-refractivity contribution in [2.75, 3.05) is 12.4 Å². The van der Waals surface area contributed by atoms with E-state index in [1.807, 2.05) is 24.3 Å². The van der Waals surface area contributed by atoms with Gasteiger partial charge >= 0.3 is 5.97 Å². The maximum Gasteiger partial charge on any atom is 0.322 e. The van der Waals surface area contributed by atoms with E-state index in [1.165, 1.54) is 5.56 Å². The zero-order chi connectivity index (χ0) is 26.6. The maximum absolute atomic E-state index is 13.5. The zero-order valence-electron chi connectivity index (χ0n) is 22.7.